The molecular formula is C13H18O. The highest BCUT2D eigenvalue weighted by atomic mass is 16.5. The van der Waals surface area contributed by atoms with Crippen molar-refractivity contribution < 1.29 is 4.74 Å². The molecule has 76 valence electrons. The van der Waals surface area contributed by atoms with E-state index in [4.69, 9.17) is 4.74 Å². The Kier molecular flexibility index (Phi) is 5.02. The molecule has 1 aromatic rings. The maximum absolute atomic E-state index is 5.45. The van der Waals surface area contributed by atoms with Crippen LogP contribution in [-0.2, 0) is 4.74 Å². The number of unbranched alkanes of at least 4 members (excludes halogenated alkanes) is 1. The van der Waals surface area contributed by atoms with Crippen molar-refractivity contribution >= 4 is 0 Å². The minimum absolute atomic E-state index is 0.233. The molecule has 1 heteroatoms. The predicted octanol–water partition coefficient (Wildman–Crippen LogP) is 3.73. The zero-order chi connectivity index (χ0) is 10.2. The third kappa shape index (κ3) is 3.35. The van der Waals surface area contributed by atoms with Gasteiger partial charge in [0.05, 0.1) is 6.10 Å². The van der Waals surface area contributed by atoms with Gasteiger partial charge in [0.2, 0.25) is 0 Å². The van der Waals surface area contributed by atoms with Gasteiger partial charge < -0.3 is 4.74 Å². The van der Waals surface area contributed by atoms with E-state index >= 15 is 0 Å². The summed E-state index contributed by atoms with van der Waals surface area (Å²) >= 11 is 0. The standard InChI is InChI=1S/C13H18O/c1-3-4-6-11-13(14-2)12-9-7-5-8-10-12/h3,5,7-10,13H,1,4,6,11H2,2H3. The molecule has 0 spiro atoms. The van der Waals surface area contributed by atoms with E-state index in [0.717, 1.165) is 19.3 Å². The summed E-state index contributed by atoms with van der Waals surface area (Å²) in [5.74, 6) is 0. The monoisotopic (exact) mass is 190 g/mol. The third-order valence-corrected chi connectivity index (χ3v) is 2.33. The molecule has 0 saturated heterocycles. The van der Waals surface area contributed by atoms with Gasteiger partial charge in [-0.1, -0.05) is 36.4 Å². The van der Waals surface area contributed by atoms with Crippen LogP contribution in [0.25, 0.3) is 0 Å². The smallest absolute Gasteiger partial charge is 0.0821 e. The summed E-state index contributed by atoms with van der Waals surface area (Å²) in [6, 6.07) is 10.4. The Morgan fingerprint density at radius 1 is 1.36 bits per heavy atom. The minimum atomic E-state index is 0.233. The summed E-state index contributed by atoms with van der Waals surface area (Å²) in [5, 5.41) is 0. The van der Waals surface area contributed by atoms with Gasteiger partial charge in [-0.25, -0.2) is 0 Å². The van der Waals surface area contributed by atoms with Crippen LogP contribution in [0.4, 0.5) is 0 Å². The van der Waals surface area contributed by atoms with Gasteiger partial charge in [-0.15, -0.1) is 6.58 Å². The maximum Gasteiger partial charge on any atom is 0.0821 e. The van der Waals surface area contributed by atoms with Gasteiger partial charge in [-0.3, -0.25) is 0 Å². The second-order valence-electron chi connectivity index (χ2n) is 3.35. The molecule has 0 heterocycles. The van der Waals surface area contributed by atoms with Gasteiger partial charge >= 0.3 is 0 Å². The molecule has 0 saturated carbocycles. The zero-order valence-corrected chi connectivity index (χ0v) is 8.78. The van der Waals surface area contributed by atoms with Crippen LogP contribution in [0.3, 0.4) is 0 Å². The molecule has 0 amide bonds. The minimum Gasteiger partial charge on any atom is -0.377 e. The number of methoxy groups -OCH3 is 1. The molecule has 0 aromatic heterocycles. The van der Waals surface area contributed by atoms with Gasteiger partial charge in [0.25, 0.3) is 0 Å². The lowest BCUT2D eigenvalue weighted by Gasteiger charge is -2.14. The lowest BCUT2D eigenvalue weighted by atomic mass is 10.0. The average molecular weight is 190 g/mol. The summed E-state index contributed by atoms with van der Waals surface area (Å²) in [4.78, 5) is 0. The molecule has 0 aliphatic heterocycles. The number of hydrogen-bond acceptors (Lipinski definition) is 1. The highest BCUT2D eigenvalue weighted by Gasteiger charge is 2.08. The Morgan fingerprint density at radius 3 is 2.64 bits per heavy atom. The summed E-state index contributed by atoms with van der Waals surface area (Å²) in [6.07, 6.45) is 5.45. The van der Waals surface area contributed by atoms with E-state index in [0.29, 0.717) is 0 Å². The molecule has 14 heavy (non-hydrogen) atoms. The second kappa shape index (κ2) is 6.39. The van der Waals surface area contributed by atoms with Crippen molar-refractivity contribution in [2.45, 2.75) is 25.4 Å². The Morgan fingerprint density at radius 2 is 2.07 bits per heavy atom. The molecule has 0 N–H and O–H groups in total. The van der Waals surface area contributed by atoms with Gasteiger partial charge in [-0.2, -0.15) is 0 Å². The van der Waals surface area contributed by atoms with E-state index in [-0.39, 0.29) is 6.10 Å². The van der Waals surface area contributed by atoms with Gasteiger partial charge in [0.1, 0.15) is 0 Å². The highest BCUT2D eigenvalue weighted by Crippen LogP contribution is 2.22. The lowest BCUT2D eigenvalue weighted by Crippen LogP contribution is -2.00. The van der Waals surface area contributed by atoms with E-state index in [1.165, 1.54) is 5.56 Å². The van der Waals surface area contributed by atoms with Crippen LogP contribution in [0, 0.1) is 0 Å². The molecule has 0 aliphatic carbocycles. The molecule has 0 fully saturated rings. The van der Waals surface area contributed by atoms with E-state index < -0.39 is 0 Å². The highest BCUT2D eigenvalue weighted by molar-refractivity contribution is 5.17. The fourth-order valence-electron chi connectivity index (χ4n) is 1.54. The van der Waals surface area contributed by atoms with Gasteiger partial charge in [0.15, 0.2) is 0 Å². The molecule has 1 atom stereocenters. The summed E-state index contributed by atoms with van der Waals surface area (Å²) in [5.41, 5.74) is 1.26. The first-order valence-corrected chi connectivity index (χ1v) is 5.07. The first-order valence-electron chi connectivity index (χ1n) is 5.07. The van der Waals surface area contributed by atoms with Crippen molar-refractivity contribution in [3.8, 4) is 0 Å². The number of ether oxygens (including phenoxy) is 1. The van der Waals surface area contributed by atoms with Crippen LogP contribution >= 0.6 is 0 Å². The van der Waals surface area contributed by atoms with Crippen molar-refractivity contribution in [3.63, 3.8) is 0 Å². The van der Waals surface area contributed by atoms with E-state index in [2.05, 4.69) is 30.8 Å². The van der Waals surface area contributed by atoms with E-state index in [9.17, 15) is 0 Å². The molecular weight excluding hydrogens is 172 g/mol. The molecule has 1 unspecified atom stereocenters. The van der Waals surface area contributed by atoms with Crippen molar-refractivity contribution in [2.75, 3.05) is 7.11 Å². The number of rotatable bonds is 6. The number of benzene rings is 1. The summed E-state index contributed by atoms with van der Waals surface area (Å²) in [6.45, 7) is 3.72. The SMILES string of the molecule is C=CCCCC(OC)c1ccccc1. The van der Waals surface area contributed by atoms with Crippen LogP contribution in [0.5, 0.6) is 0 Å². The third-order valence-electron chi connectivity index (χ3n) is 2.33. The van der Waals surface area contributed by atoms with E-state index in [1.807, 2.05) is 12.1 Å². The predicted molar refractivity (Wildman–Crippen MR) is 60.2 cm³/mol. The summed E-state index contributed by atoms with van der Waals surface area (Å²) in [7, 11) is 1.77. The van der Waals surface area contributed by atoms with Crippen molar-refractivity contribution in [2.24, 2.45) is 0 Å². The average Bonchev–Trinajstić information content (AvgIpc) is 2.26. The Bertz CT molecular complexity index is 253. The molecule has 1 aromatic carbocycles. The van der Waals surface area contributed by atoms with Crippen molar-refractivity contribution in [1.82, 2.24) is 0 Å². The van der Waals surface area contributed by atoms with Crippen molar-refractivity contribution in [1.29, 1.82) is 0 Å². The first kappa shape index (κ1) is 11.0. The molecule has 0 radical (unpaired) electrons. The molecule has 1 nitrogen and oxygen atoms in total. The number of hydrogen-bond donors (Lipinski definition) is 0. The van der Waals surface area contributed by atoms with Crippen molar-refractivity contribution in [3.05, 3.63) is 48.6 Å². The fraction of sp³-hybridized carbons (Fsp3) is 0.385. The van der Waals surface area contributed by atoms with Gasteiger partial charge in [0, 0.05) is 7.11 Å². The Hall–Kier alpha value is -1.08. The Balaban J connectivity index is 2.50. The quantitative estimate of drug-likeness (QED) is 0.490. The normalized spacial score (nSPS) is 12.4. The first-order chi connectivity index (χ1) is 6.88. The maximum atomic E-state index is 5.45. The largest absolute Gasteiger partial charge is 0.377 e. The molecule has 1 rings (SSSR count). The van der Waals surface area contributed by atoms with Crippen LogP contribution in [-0.4, -0.2) is 7.11 Å². The van der Waals surface area contributed by atoms with Crippen LogP contribution in [0.2, 0.25) is 0 Å². The number of allylic oxidation sites excluding steroid dienone is 1. The van der Waals surface area contributed by atoms with Crippen LogP contribution < -0.4 is 0 Å². The fourth-order valence-corrected chi connectivity index (χ4v) is 1.54. The topological polar surface area (TPSA) is 9.23 Å². The molecule has 0 aliphatic rings. The summed E-state index contributed by atoms with van der Waals surface area (Å²) < 4.78 is 5.45. The second-order valence-corrected chi connectivity index (χ2v) is 3.35. The molecule has 0 bridgehead atoms. The lowest BCUT2D eigenvalue weighted by molar-refractivity contribution is 0.0940. The zero-order valence-electron chi connectivity index (χ0n) is 8.78. The Labute approximate surface area is 86.4 Å². The van der Waals surface area contributed by atoms with Crippen LogP contribution in [0.1, 0.15) is 30.9 Å². The van der Waals surface area contributed by atoms with E-state index in [1.54, 1.807) is 7.11 Å². The van der Waals surface area contributed by atoms with Gasteiger partial charge in [-0.05, 0) is 24.8 Å². The van der Waals surface area contributed by atoms with Crippen LogP contribution in [0.15, 0.2) is 43.0 Å².